The van der Waals surface area contributed by atoms with Crippen LogP contribution in [0.1, 0.15) is 30.0 Å². The predicted molar refractivity (Wildman–Crippen MR) is 107 cm³/mol. The Hall–Kier alpha value is -1.69. The van der Waals surface area contributed by atoms with E-state index in [-0.39, 0.29) is 6.10 Å². The molecule has 0 aliphatic carbocycles. The SMILES string of the molecule is Cc1ccccc1OC(C)c1nnc(SCc2c(Cl)cccc2Cl)n1C. The summed E-state index contributed by atoms with van der Waals surface area (Å²) >= 11 is 14.0. The standard InChI is InChI=1S/C19H19Cl2N3OS/c1-12-7-4-5-10-17(12)25-13(2)18-22-23-19(24(18)3)26-11-14-15(20)8-6-9-16(14)21/h4-10,13H,11H2,1-3H3. The first kappa shape index (κ1) is 19.1. The van der Waals surface area contributed by atoms with Crippen molar-refractivity contribution in [3.8, 4) is 5.75 Å². The Morgan fingerprint density at radius 1 is 1.08 bits per heavy atom. The molecule has 0 saturated carbocycles. The number of hydrogen-bond donors (Lipinski definition) is 0. The second-order valence-corrected chi connectivity index (χ2v) is 7.67. The molecule has 1 atom stereocenters. The zero-order valence-corrected chi connectivity index (χ0v) is 17.1. The van der Waals surface area contributed by atoms with Gasteiger partial charge in [0.2, 0.25) is 0 Å². The Bertz CT molecular complexity index is 893. The lowest BCUT2D eigenvalue weighted by molar-refractivity contribution is 0.210. The molecule has 0 bridgehead atoms. The molecule has 0 spiro atoms. The maximum absolute atomic E-state index is 6.24. The zero-order chi connectivity index (χ0) is 18.7. The van der Waals surface area contributed by atoms with E-state index in [0.717, 1.165) is 27.9 Å². The fraction of sp³-hybridized carbons (Fsp3) is 0.263. The highest BCUT2D eigenvalue weighted by Crippen LogP contribution is 2.32. The minimum atomic E-state index is -0.216. The average molecular weight is 408 g/mol. The Morgan fingerprint density at radius 2 is 1.77 bits per heavy atom. The molecule has 26 heavy (non-hydrogen) atoms. The fourth-order valence-electron chi connectivity index (χ4n) is 2.54. The highest BCUT2D eigenvalue weighted by Gasteiger charge is 2.18. The lowest BCUT2D eigenvalue weighted by atomic mass is 10.2. The van der Waals surface area contributed by atoms with Crippen molar-refractivity contribution in [2.45, 2.75) is 30.9 Å². The molecule has 0 saturated heterocycles. The summed E-state index contributed by atoms with van der Waals surface area (Å²) in [5, 5.41) is 10.7. The van der Waals surface area contributed by atoms with Crippen molar-refractivity contribution in [1.82, 2.24) is 14.8 Å². The smallest absolute Gasteiger partial charge is 0.191 e. The first-order valence-corrected chi connectivity index (χ1v) is 9.88. The van der Waals surface area contributed by atoms with Gasteiger partial charge in [-0.2, -0.15) is 0 Å². The van der Waals surface area contributed by atoms with Gasteiger partial charge in [0.05, 0.1) is 0 Å². The highest BCUT2D eigenvalue weighted by atomic mass is 35.5. The topological polar surface area (TPSA) is 39.9 Å². The third-order valence-electron chi connectivity index (χ3n) is 4.04. The zero-order valence-electron chi connectivity index (χ0n) is 14.7. The number of aryl methyl sites for hydroxylation is 1. The van der Waals surface area contributed by atoms with Gasteiger partial charge in [-0.3, -0.25) is 0 Å². The van der Waals surface area contributed by atoms with Crippen molar-refractivity contribution in [2.24, 2.45) is 7.05 Å². The van der Waals surface area contributed by atoms with Crippen LogP contribution in [-0.2, 0) is 12.8 Å². The molecule has 0 aliphatic rings. The molecule has 2 aromatic carbocycles. The maximum Gasteiger partial charge on any atom is 0.191 e. The molecule has 1 aromatic heterocycles. The quantitative estimate of drug-likeness (QED) is 0.479. The summed E-state index contributed by atoms with van der Waals surface area (Å²) in [6.45, 7) is 3.99. The molecular weight excluding hydrogens is 389 g/mol. The number of nitrogens with zero attached hydrogens (tertiary/aromatic N) is 3. The first-order chi connectivity index (χ1) is 12.5. The maximum atomic E-state index is 6.24. The van der Waals surface area contributed by atoms with E-state index < -0.39 is 0 Å². The van der Waals surface area contributed by atoms with Crippen LogP contribution in [0.4, 0.5) is 0 Å². The van der Waals surface area contributed by atoms with E-state index in [4.69, 9.17) is 27.9 Å². The number of ether oxygens (including phenoxy) is 1. The molecule has 136 valence electrons. The fourth-order valence-corrected chi connectivity index (χ4v) is 4.20. The Labute approximate surface area is 167 Å². The molecule has 7 heteroatoms. The molecule has 0 aliphatic heterocycles. The minimum Gasteiger partial charge on any atom is -0.482 e. The van der Waals surface area contributed by atoms with E-state index in [9.17, 15) is 0 Å². The summed E-state index contributed by atoms with van der Waals surface area (Å²) in [5.41, 5.74) is 1.99. The van der Waals surface area contributed by atoms with Crippen molar-refractivity contribution in [1.29, 1.82) is 0 Å². The molecular formula is C19H19Cl2N3OS. The molecule has 0 amide bonds. The van der Waals surface area contributed by atoms with E-state index in [1.54, 1.807) is 11.8 Å². The van der Waals surface area contributed by atoms with E-state index >= 15 is 0 Å². The van der Waals surface area contributed by atoms with Crippen LogP contribution in [0.3, 0.4) is 0 Å². The van der Waals surface area contributed by atoms with Crippen LogP contribution in [0.15, 0.2) is 47.6 Å². The van der Waals surface area contributed by atoms with Crippen molar-refractivity contribution in [3.63, 3.8) is 0 Å². The van der Waals surface area contributed by atoms with Crippen LogP contribution in [0, 0.1) is 6.92 Å². The van der Waals surface area contributed by atoms with Gasteiger partial charge < -0.3 is 9.30 Å². The first-order valence-electron chi connectivity index (χ1n) is 8.14. The Balaban J connectivity index is 1.72. The lowest BCUT2D eigenvalue weighted by Gasteiger charge is -2.15. The Kier molecular flexibility index (Phi) is 6.12. The molecule has 3 aromatic rings. The Morgan fingerprint density at radius 3 is 2.46 bits per heavy atom. The van der Waals surface area contributed by atoms with Crippen LogP contribution < -0.4 is 4.74 Å². The van der Waals surface area contributed by atoms with E-state index in [1.165, 1.54) is 0 Å². The second-order valence-electron chi connectivity index (χ2n) is 5.91. The molecule has 4 nitrogen and oxygen atoms in total. The summed E-state index contributed by atoms with van der Waals surface area (Å²) in [6.07, 6.45) is -0.216. The second kappa shape index (κ2) is 8.33. The van der Waals surface area contributed by atoms with Gasteiger partial charge in [0, 0.05) is 22.8 Å². The van der Waals surface area contributed by atoms with E-state index in [1.807, 2.05) is 67.9 Å². The molecule has 1 unspecified atom stereocenters. The van der Waals surface area contributed by atoms with Crippen molar-refractivity contribution < 1.29 is 4.74 Å². The van der Waals surface area contributed by atoms with Gasteiger partial charge in [-0.25, -0.2) is 0 Å². The van der Waals surface area contributed by atoms with Gasteiger partial charge >= 0.3 is 0 Å². The molecule has 0 fully saturated rings. The monoisotopic (exact) mass is 407 g/mol. The summed E-state index contributed by atoms with van der Waals surface area (Å²) < 4.78 is 7.99. The van der Waals surface area contributed by atoms with Crippen molar-refractivity contribution in [3.05, 3.63) is 69.5 Å². The van der Waals surface area contributed by atoms with Gasteiger partial charge in [-0.15, -0.1) is 10.2 Å². The molecule has 0 N–H and O–H groups in total. The number of aromatic nitrogens is 3. The number of para-hydroxylation sites is 1. The van der Waals surface area contributed by atoms with Gasteiger partial charge in [-0.05, 0) is 43.2 Å². The lowest BCUT2D eigenvalue weighted by Crippen LogP contribution is -2.10. The summed E-state index contributed by atoms with van der Waals surface area (Å²) in [5.74, 6) is 2.23. The van der Waals surface area contributed by atoms with Crippen LogP contribution >= 0.6 is 35.0 Å². The number of hydrogen-bond acceptors (Lipinski definition) is 4. The third kappa shape index (κ3) is 4.17. The predicted octanol–water partition coefficient (Wildman–Crippen LogP) is 5.86. The number of benzene rings is 2. The number of rotatable bonds is 6. The normalized spacial score (nSPS) is 12.2. The van der Waals surface area contributed by atoms with Crippen molar-refractivity contribution in [2.75, 3.05) is 0 Å². The molecule has 0 radical (unpaired) electrons. The minimum absolute atomic E-state index is 0.216. The van der Waals surface area contributed by atoms with Gasteiger partial charge in [0.15, 0.2) is 17.1 Å². The summed E-state index contributed by atoms with van der Waals surface area (Å²) in [4.78, 5) is 0. The number of halogens is 2. The van der Waals surface area contributed by atoms with Crippen molar-refractivity contribution >= 4 is 35.0 Å². The highest BCUT2D eigenvalue weighted by molar-refractivity contribution is 7.98. The van der Waals surface area contributed by atoms with Gasteiger partial charge in [0.1, 0.15) is 5.75 Å². The largest absolute Gasteiger partial charge is 0.482 e. The van der Waals surface area contributed by atoms with Crippen LogP contribution in [0.5, 0.6) is 5.75 Å². The van der Waals surface area contributed by atoms with E-state index in [0.29, 0.717) is 15.8 Å². The summed E-state index contributed by atoms with van der Waals surface area (Å²) in [6, 6.07) is 13.4. The molecule has 1 heterocycles. The van der Waals surface area contributed by atoms with Crippen LogP contribution in [0.2, 0.25) is 10.0 Å². The third-order valence-corrected chi connectivity index (χ3v) is 5.79. The summed E-state index contributed by atoms with van der Waals surface area (Å²) in [7, 11) is 1.93. The van der Waals surface area contributed by atoms with Crippen LogP contribution in [-0.4, -0.2) is 14.8 Å². The number of thioether (sulfide) groups is 1. The average Bonchev–Trinajstić information content (AvgIpc) is 2.97. The van der Waals surface area contributed by atoms with Gasteiger partial charge in [-0.1, -0.05) is 59.2 Å². The van der Waals surface area contributed by atoms with E-state index in [2.05, 4.69) is 10.2 Å². The molecule has 3 rings (SSSR count). The van der Waals surface area contributed by atoms with Gasteiger partial charge in [0.25, 0.3) is 0 Å². The van der Waals surface area contributed by atoms with Crippen LogP contribution in [0.25, 0.3) is 0 Å².